The fourth-order valence-corrected chi connectivity index (χ4v) is 4.73. The van der Waals surface area contributed by atoms with Gasteiger partial charge in [-0.3, -0.25) is 0 Å². The van der Waals surface area contributed by atoms with E-state index < -0.39 is 0 Å². The minimum Gasteiger partial charge on any atom is -0.497 e. The van der Waals surface area contributed by atoms with Crippen LogP contribution in [0.2, 0.25) is 0 Å². The minimum atomic E-state index is 0.835. The van der Waals surface area contributed by atoms with Gasteiger partial charge >= 0.3 is 0 Å². The maximum absolute atomic E-state index is 5.29. The molecule has 5 rings (SSSR count). The van der Waals surface area contributed by atoms with Crippen LogP contribution >= 0.6 is 11.3 Å². The van der Waals surface area contributed by atoms with Gasteiger partial charge in [0, 0.05) is 22.1 Å². The van der Waals surface area contributed by atoms with Crippen molar-refractivity contribution < 1.29 is 4.74 Å². The van der Waals surface area contributed by atoms with E-state index in [0.717, 1.165) is 44.7 Å². The van der Waals surface area contributed by atoms with E-state index in [1.165, 1.54) is 22.3 Å². The first-order valence-corrected chi connectivity index (χ1v) is 12.2. The highest BCUT2D eigenvalue weighted by Crippen LogP contribution is 2.33. The first-order valence-electron chi connectivity index (χ1n) is 11.3. The normalized spacial score (nSPS) is 11.1. The summed E-state index contributed by atoms with van der Waals surface area (Å²) in [7, 11) is 1.68. The van der Waals surface area contributed by atoms with Crippen molar-refractivity contribution in [2.45, 2.75) is 27.7 Å². The van der Waals surface area contributed by atoms with Crippen molar-refractivity contribution in [2.75, 3.05) is 7.11 Å². The van der Waals surface area contributed by atoms with Gasteiger partial charge in [-0.2, -0.15) is 5.10 Å². The molecule has 0 spiro atoms. The molecule has 3 aromatic carbocycles. The molecule has 0 amide bonds. The Morgan fingerprint density at radius 2 is 1.29 bits per heavy atom. The molecule has 0 radical (unpaired) electrons. The van der Waals surface area contributed by atoms with Gasteiger partial charge in [0.25, 0.3) is 0 Å². The monoisotopic (exact) mass is 465 g/mol. The maximum atomic E-state index is 5.29. The highest BCUT2D eigenvalue weighted by Gasteiger charge is 2.17. The molecule has 5 heteroatoms. The predicted molar refractivity (Wildman–Crippen MR) is 141 cm³/mol. The summed E-state index contributed by atoms with van der Waals surface area (Å²) in [6.07, 6.45) is 0. The fraction of sp³-hybridized carbons (Fsp3) is 0.172. The molecule has 0 bridgehead atoms. The number of thiazole rings is 1. The lowest BCUT2D eigenvalue weighted by Crippen LogP contribution is -1.99. The number of aryl methyl sites for hydroxylation is 4. The van der Waals surface area contributed by atoms with Crippen LogP contribution in [0.25, 0.3) is 38.9 Å². The summed E-state index contributed by atoms with van der Waals surface area (Å²) in [5.74, 6) is 0.835. The number of aromatic nitrogens is 3. The molecule has 0 saturated heterocycles. The lowest BCUT2D eigenvalue weighted by Gasteiger charge is -2.07. The number of rotatable bonds is 5. The van der Waals surface area contributed by atoms with Crippen molar-refractivity contribution >= 4 is 11.3 Å². The number of nitrogens with zero attached hydrogens (tertiary/aromatic N) is 3. The van der Waals surface area contributed by atoms with Gasteiger partial charge in [0.1, 0.15) is 5.75 Å². The fourth-order valence-electron chi connectivity index (χ4n) is 3.93. The summed E-state index contributed by atoms with van der Waals surface area (Å²) in [4.78, 5) is 4.95. The zero-order chi connectivity index (χ0) is 23.8. The standard InChI is InChI=1S/C29H27N3OS/c1-18-6-8-23(14-20(18)3)26-16-28(24-9-7-19(2)21(4)15-24)32(31-26)29-30-27(17-34-29)22-10-12-25(33-5)13-11-22/h6-17H,1-5H3. The number of hydrogen-bond acceptors (Lipinski definition) is 4. The van der Waals surface area contributed by atoms with Crippen LogP contribution in [-0.4, -0.2) is 21.9 Å². The Kier molecular flexibility index (Phi) is 5.80. The Balaban J connectivity index is 1.63. The molecule has 0 aliphatic rings. The second kappa shape index (κ2) is 8.92. The second-order valence-corrected chi connectivity index (χ2v) is 9.51. The van der Waals surface area contributed by atoms with Crippen molar-refractivity contribution in [1.82, 2.24) is 14.8 Å². The molecular formula is C29H27N3OS. The topological polar surface area (TPSA) is 39.9 Å². The first kappa shape index (κ1) is 22.1. The highest BCUT2D eigenvalue weighted by molar-refractivity contribution is 7.12. The van der Waals surface area contributed by atoms with Gasteiger partial charge in [-0.25, -0.2) is 9.67 Å². The molecule has 34 heavy (non-hydrogen) atoms. The Morgan fingerprint density at radius 1 is 0.676 bits per heavy atom. The molecule has 5 aromatic rings. The SMILES string of the molecule is COc1ccc(-c2csc(-n3nc(-c4ccc(C)c(C)c4)cc3-c3ccc(C)c(C)c3)n2)cc1. The van der Waals surface area contributed by atoms with Crippen LogP contribution < -0.4 is 4.74 Å². The average molecular weight is 466 g/mol. The zero-order valence-corrected chi connectivity index (χ0v) is 20.9. The van der Waals surface area contributed by atoms with Crippen molar-refractivity contribution in [3.63, 3.8) is 0 Å². The van der Waals surface area contributed by atoms with E-state index in [-0.39, 0.29) is 0 Å². The quantitative estimate of drug-likeness (QED) is 0.269. The minimum absolute atomic E-state index is 0.835. The molecule has 0 aliphatic carbocycles. The van der Waals surface area contributed by atoms with E-state index in [1.807, 2.05) is 28.9 Å². The van der Waals surface area contributed by atoms with Crippen LogP contribution in [0, 0.1) is 27.7 Å². The Labute approximate surface area is 204 Å². The van der Waals surface area contributed by atoms with Crippen LogP contribution in [0.1, 0.15) is 22.3 Å². The summed E-state index contributed by atoms with van der Waals surface area (Å²) in [6, 6.07) is 23.2. The first-order chi connectivity index (χ1) is 16.4. The van der Waals surface area contributed by atoms with Crippen molar-refractivity contribution in [2.24, 2.45) is 0 Å². The maximum Gasteiger partial charge on any atom is 0.211 e. The molecule has 4 nitrogen and oxygen atoms in total. The third-order valence-electron chi connectivity index (χ3n) is 6.37. The third-order valence-corrected chi connectivity index (χ3v) is 7.19. The molecule has 2 aromatic heterocycles. The van der Waals surface area contributed by atoms with Crippen LogP contribution in [0.3, 0.4) is 0 Å². The van der Waals surface area contributed by atoms with Gasteiger partial charge < -0.3 is 4.74 Å². The van der Waals surface area contributed by atoms with E-state index in [4.69, 9.17) is 14.8 Å². The largest absolute Gasteiger partial charge is 0.497 e. The molecule has 0 aliphatic heterocycles. The average Bonchev–Trinajstić information content (AvgIpc) is 3.50. The zero-order valence-electron chi connectivity index (χ0n) is 20.1. The van der Waals surface area contributed by atoms with Crippen LogP contribution in [0.4, 0.5) is 0 Å². The summed E-state index contributed by atoms with van der Waals surface area (Å²) >= 11 is 1.60. The van der Waals surface area contributed by atoms with Gasteiger partial charge in [-0.15, -0.1) is 11.3 Å². The molecule has 0 saturated carbocycles. The van der Waals surface area contributed by atoms with E-state index >= 15 is 0 Å². The Bertz CT molecular complexity index is 1480. The predicted octanol–water partition coefficient (Wildman–Crippen LogP) is 7.57. The number of hydrogen-bond donors (Lipinski definition) is 0. The lowest BCUT2D eigenvalue weighted by atomic mass is 10.0. The molecule has 2 heterocycles. The summed E-state index contributed by atoms with van der Waals surface area (Å²) in [6.45, 7) is 8.56. The van der Waals surface area contributed by atoms with Gasteiger partial charge in [0.05, 0.1) is 24.2 Å². The molecule has 0 fully saturated rings. The highest BCUT2D eigenvalue weighted by atomic mass is 32.1. The molecule has 0 unspecified atom stereocenters. The van der Waals surface area contributed by atoms with Crippen LogP contribution in [0.5, 0.6) is 5.75 Å². The molecule has 0 N–H and O–H groups in total. The van der Waals surface area contributed by atoms with Crippen molar-refractivity contribution in [1.29, 1.82) is 0 Å². The number of benzene rings is 3. The number of methoxy groups -OCH3 is 1. The van der Waals surface area contributed by atoms with E-state index in [9.17, 15) is 0 Å². The van der Waals surface area contributed by atoms with E-state index in [0.29, 0.717) is 0 Å². The van der Waals surface area contributed by atoms with E-state index in [2.05, 4.69) is 75.5 Å². The number of ether oxygens (including phenoxy) is 1. The molecule has 170 valence electrons. The van der Waals surface area contributed by atoms with Gasteiger partial charge in [0.15, 0.2) is 0 Å². The second-order valence-electron chi connectivity index (χ2n) is 8.67. The lowest BCUT2D eigenvalue weighted by molar-refractivity contribution is 0.415. The van der Waals surface area contributed by atoms with Gasteiger partial charge in [-0.05, 0) is 92.4 Å². The smallest absolute Gasteiger partial charge is 0.211 e. The van der Waals surface area contributed by atoms with Gasteiger partial charge in [0.2, 0.25) is 5.13 Å². The summed E-state index contributed by atoms with van der Waals surface area (Å²) in [5.41, 5.74) is 11.3. The van der Waals surface area contributed by atoms with Crippen molar-refractivity contribution in [3.8, 4) is 44.7 Å². The summed E-state index contributed by atoms with van der Waals surface area (Å²) in [5, 5.41) is 7.95. The third kappa shape index (κ3) is 4.15. The molecular weight excluding hydrogens is 438 g/mol. The van der Waals surface area contributed by atoms with E-state index in [1.54, 1.807) is 18.4 Å². The van der Waals surface area contributed by atoms with Crippen LogP contribution in [-0.2, 0) is 0 Å². The Morgan fingerprint density at radius 3 is 1.94 bits per heavy atom. The van der Waals surface area contributed by atoms with Crippen molar-refractivity contribution in [3.05, 3.63) is 94.4 Å². The van der Waals surface area contributed by atoms with Gasteiger partial charge in [-0.1, -0.05) is 24.3 Å². The Hall–Kier alpha value is -3.70. The summed E-state index contributed by atoms with van der Waals surface area (Å²) < 4.78 is 7.27. The molecule has 0 atom stereocenters. The van der Waals surface area contributed by atoms with Crippen LogP contribution in [0.15, 0.2) is 72.1 Å².